The molecule has 0 spiro atoms. The highest BCUT2D eigenvalue weighted by Gasteiger charge is 2.19. The van der Waals surface area contributed by atoms with Crippen molar-refractivity contribution in [3.8, 4) is 11.6 Å². The minimum absolute atomic E-state index is 0.0590. The smallest absolute Gasteiger partial charge is 0.337 e. The average Bonchev–Trinajstić information content (AvgIpc) is 2.80. The number of rotatable bonds is 3. The molecule has 0 amide bonds. The summed E-state index contributed by atoms with van der Waals surface area (Å²) in [5.41, 5.74) is 6.61. The van der Waals surface area contributed by atoms with E-state index >= 15 is 0 Å². The Kier molecular flexibility index (Phi) is 3.13. The normalized spacial score (nSPS) is 10.8. The van der Waals surface area contributed by atoms with Gasteiger partial charge in [-0.1, -0.05) is 0 Å². The number of aromatic nitrogens is 3. The number of anilines is 1. The van der Waals surface area contributed by atoms with Crippen molar-refractivity contribution < 1.29 is 19.0 Å². The molecule has 0 atom stereocenters. The highest BCUT2D eigenvalue weighted by Crippen LogP contribution is 2.30. The molecule has 0 saturated heterocycles. The molecule has 3 rings (SSSR count). The molecule has 1 aromatic carbocycles. The van der Waals surface area contributed by atoms with E-state index < -0.39 is 11.8 Å². The van der Waals surface area contributed by atoms with Gasteiger partial charge in [-0.05, 0) is 24.6 Å². The molecular formula is C14H11FN4O3. The minimum Gasteiger partial charge on any atom is -0.478 e. The van der Waals surface area contributed by atoms with E-state index in [4.69, 9.17) is 15.6 Å². The maximum Gasteiger partial charge on any atom is 0.337 e. The molecule has 22 heavy (non-hydrogen) atoms. The quantitative estimate of drug-likeness (QED) is 0.719. The number of carbonyl (C=O) groups is 1. The first-order valence-corrected chi connectivity index (χ1v) is 6.26. The Bertz CT molecular complexity index is 891. The van der Waals surface area contributed by atoms with Gasteiger partial charge in [0.05, 0.1) is 5.56 Å². The predicted molar refractivity (Wildman–Crippen MR) is 75.6 cm³/mol. The van der Waals surface area contributed by atoms with Crippen LogP contribution in [-0.4, -0.2) is 25.7 Å². The number of benzene rings is 1. The number of nitrogens with zero attached hydrogens (tertiary/aromatic N) is 3. The van der Waals surface area contributed by atoms with Gasteiger partial charge in [0.1, 0.15) is 11.8 Å². The van der Waals surface area contributed by atoms with Gasteiger partial charge in [-0.15, -0.1) is 0 Å². The van der Waals surface area contributed by atoms with Crippen molar-refractivity contribution in [1.29, 1.82) is 0 Å². The number of aromatic carboxylic acids is 1. The Labute approximate surface area is 123 Å². The zero-order valence-electron chi connectivity index (χ0n) is 11.4. The lowest BCUT2D eigenvalue weighted by molar-refractivity contribution is 0.0696. The van der Waals surface area contributed by atoms with Crippen molar-refractivity contribution in [3.05, 3.63) is 47.7 Å². The summed E-state index contributed by atoms with van der Waals surface area (Å²) in [6.45, 7) is 1.61. The second-order valence-electron chi connectivity index (χ2n) is 4.62. The summed E-state index contributed by atoms with van der Waals surface area (Å²) in [5.74, 6) is -1.73. The van der Waals surface area contributed by atoms with E-state index in [2.05, 4.69) is 10.1 Å². The average molecular weight is 302 g/mol. The van der Waals surface area contributed by atoms with Gasteiger partial charge in [-0.25, -0.2) is 13.7 Å². The van der Waals surface area contributed by atoms with Crippen LogP contribution in [0.2, 0.25) is 0 Å². The number of carboxylic acids is 1. The van der Waals surface area contributed by atoms with Crippen LogP contribution >= 0.6 is 0 Å². The molecule has 0 fully saturated rings. The summed E-state index contributed by atoms with van der Waals surface area (Å²) in [6, 6.07) is 3.99. The first-order valence-electron chi connectivity index (χ1n) is 6.26. The van der Waals surface area contributed by atoms with E-state index in [0.29, 0.717) is 11.1 Å². The van der Waals surface area contributed by atoms with Gasteiger partial charge in [0.25, 0.3) is 0 Å². The molecule has 7 nitrogen and oxygen atoms in total. The Morgan fingerprint density at radius 2 is 2.23 bits per heavy atom. The topological polar surface area (TPSA) is 103 Å². The molecule has 8 heteroatoms. The van der Waals surface area contributed by atoms with Crippen molar-refractivity contribution in [1.82, 2.24) is 14.6 Å². The van der Waals surface area contributed by atoms with Crippen molar-refractivity contribution in [2.24, 2.45) is 0 Å². The number of hydrogen-bond donors (Lipinski definition) is 2. The number of nitrogen functional groups attached to an aromatic ring is 1. The molecule has 2 aromatic heterocycles. The lowest BCUT2D eigenvalue weighted by Gasteiger charge is -2.08. The van der Waals surface area contributed by atoms with Crippen molar-refractivity contribution in [3.63, 3.8) is 0 Å². The SMILES string of the molecule is Cc1c(C(=O)O)cn2ncnc(Oc3ccc(N)cc3F)c12. The van der Waals surface area contributed by atoms with E-state index in [-0.39, 0.29) is 22.9 Å². The number of nitrogens with two attached hydrogens (primary N) is 1. The number of ether oxygens (including phenoxy) is 1. The van der Waals surface area contributed by atoms with Gasteiger partial charge < -0.3 is 15.6 Å². The van der Waals surface area contributed by atoms with Crippen LogP contribution in [0.25, 0.3) is 5.52 Å². The second kappa shape index (κ2) is 4.99. The molecule has 0 aliphatic carbocycles. The van der Waals surface area contributed by atoms with Gasteiger partial charge in [-0.2, -0.15) is 10.1 Å². The van der Waals surface area contributed by atoms with Crippen molar-refractivity contribution >= 4 is 17.2 Å². The number of carboxylic acid groups (broad SMARTS) is 1. The third kappa shape index (κ3) is 2.20. The van der Waals surface area contributed by atoms with Crippen LogP contribution in [0.4, 0.5) is 10.1 Å². The molecule has 0 aliphatic heterocycles. The fourth-order valence-corrected chi connectivity index (χ4v) is 2.12. The number of aryl methyl sites for hydroxylation is 1. The number of fused-ring (bicyclic) bond motifs is 1. The number of halogens is 1. The van der Waals surface area contributed by atoms with Crippen molar-refractivity contribution in [2.45, 2.75) is 6.92 Å². The standard InChI is InChI=1S/C14H11FN4O3/c1-7-9(14(20)21)5-19-12(7)13(17-6-18-19)22-11-3-2-8(16)4-10(11)15/h2-6H,16H2,1H3,(H,20,21). The monoisotopic (exact) mass is 302 g/mol. The maximum atomic E-state index is 13.8. The van der Waals surface area contributed by atoms with E-state index in [1.54, 1.807) is 6.92 Å². The van der Waals surface area contributed by atoms with Crippen LogP contribution < -0.4 is 10.5 Å². The molecule has 112 valence electrons. The molecule has 0 unspecified atom stereocenters. The zero-order valence-corrected chi connectivity index (χ0v) is 11.4. The van der Waals surface area contributed by atoms with E-state index in [1.165, 1.54) is 29.2 Å². The van der Waals surface area contributed by atoms with Gasteiger partial charge in [0.15, 0.2) is 11.6 Å². The largest absolute Gasteiger partial charge is 0.478 e. The van der Waals surface area contributed by atoms with Gasteiger partial charge in [0.2, 0.25) is 5.88 Å². The van der Waals surface area contributed by atoms with Gasteiger partial charge >= 0.3 is 5.97 Å². The molecule has 0 saturated carbocycles. The third-order valence-electron chi connectivity index (χ3n) is 3.19. The molecule has 3 aromatic rings. The lowest BCUT2D eigenvalue weighted by Crippen LogP contribution is -1.98. The lowest BCUT2D eigenvalue weighted by atomic mass is 10.2. The van der Waals surface area contributed by atoms with E-state index in [9.17, 15) is 9.18 Å². The Hall–Kier alpha value is -3.16. The summed E-state index contributed by atoms with van der Waals surface area (Å²) >= 11 is 0. The van der Waals surface area contributed by atoms with Gasteiger partial charge in [-0.3, -0.25) is 0 Å². The van der Waals surface area contributed by atoms with Crippen LogP contribution in [-0.2, 0) is 0 Å². The first kappa shape index (κ1) is 13.8. The summed E-state index contributed by atoms with van der Waals surface area (Å²) in [5, 5.41) is 13.1. The number of hydrogen-bond acceptors (Lipinski definition) is 5. The Morgan fingerprint density at radius 1 is 1.45 bits per heavy atom. The van der Waals surface area contributed by atoms with Gasteiger partial charge in [0, 0.05) is 18.0 Å². The molecule has 0 aliphatic rings. The van der Waals surface area contributed by atoms with E-state index in [1.807, 2.05) is 0 Å². The molecule has 0 bridgehead atoms. The molecule has 0 radical (unpaired) electrons. The highest BCUT2D eigenvalue weighted by molar-refractivity contribution is 5.92. The minimum atomic E-state index is -1.09. The van der Waals surface area contributed by atoms with Crippen LogP contribution in [0, 0.1) is 12.7 Å². The fraction of sp³-hybridized carbons (Fsp3) is 0.0714. The third-order valence-corrected chi connectivity index (χ3v) is 3.19. The summed E-state index contributed by atoms with van der Waals surface area (Å²) in [6.07, 6.45) is 2.55. The predicted octanol–water partition coefficient (Wildman–Crippen LogP) is 2.25. The maximum absolute atomic E-state index is 13.8. The fourth-order valence-electron chi connectivity index (χ4n) is 2.12. The molecular weight excluding hydrogens is 291 g/mol. The summed E-state index contributed by atoms with van der Waals surface area (Å²) < 4.78 is 20.6. The summed E-state index contributed by atoms with van der Waals surface area (Å²) in [4.78, 5) is 15.1. The highest BCUT2D eigenvalue weighted by atomic mass is 19.1. The summed E-state index contributed by atoms with van der Waals surface area (Å²) in [7, 11) is 0. The van der Waals surface area contributed by atoms with Crippen LogP contribution in [0.15, 0.2) is 30.7 Å². The Morgan fingerprint density at radius 3 is 2.91 bits per heavy atom. The molecule has 2 heterocycles. The van der Waals surface area contributed by atoms with Crippen LogP contribution in [0.1, 0.15) is 15.9 Å². The second-order valence-corrected chi connectivity index (χ2v) is 4.62. The van der Waals surface area contributed by atoms with Crippen LogP contribution in [0.5, 0.6) is 11.6 Å². The molecule has 3 N–H and O–H groups in total. The Balaban J connectivity index is 2.13. The van der Waals surface area contributed by atoms with E-state index in [0.717, 1.165) is 6.07 Å². The van der Waals surface area contributed by atoms with Crippen LogP contribution in [0.3, 0.4) is 0 Å². The zero-order chi connectivity index (χ0) is 15.9. The van der Waals surface area contributed by atoms with Crippen molar-refractivity contribution in [2.75, 3.05) is 5.73 Å². The first-order chi connectivity index (χ1) is 10.5.